The summed E-state index contributed by atoms with van der Waals surface area (Å²) in [4.78, 5) is 19.4. The molecule has 4 heterocycles. The first-order valence-corrected chi connectivity index (χ1v) is 7.76. The molecule has 2 saturated heterocycles. The SMILES string of the molecule is Cl.Cl.O=C(Cc1cn2ccccc2n1)N1C2CCNCC1CC2. The van der Waals surface area contributed by atoms with E-state index < -0.39 is 0 Å². The van der Waals surface area contributed by atoms with Crippen molar-refractivity contribution in [2.24, 2.45) is 0 Å². The highest BCUT2D eigenvalue weighted by Crippen LogP contribution is 2.28. The molecule has 0 radical (unpaired) electrons. The van der Waals surface area contributed by atoms with Crippen molar-refractivity contribution in [3.8, 4) is 0 Å². The lowest BCUT2D eigenvalue weighted by Gasteiger charge is -2.27. The number of aromatic nitrogens is 2. The number of imidazole rings is 1. The largest absolute Gasteiger partial charge is 0.335 e. The molecule has 0 spiro atoms. The van der Waals surface area contributed by atoms with E-state index >= 15 is 0 Å². The first-order chi connectivity index (χ1) is 10.3. The van der Waals surface area contributed by atoms with Gasteiger partial charge in [0.2, 0.25) is 5.91 Å². The maximum Gasteiger partial charge on any atom is 0.229 e. The van der Waals surface area contributed by atoms with Gasteiger partial charge in [-0.3, -0.25) is 4.79 Å². The monoisotopic (exact) mass is 356 g/mol. The Bertz CT molecular complexity index is 628. The number of nitrogens with zero attached hydrogens (tertiary/aromatic N) is 3. The zero-order valence-electron chi connectivity index (χ0n) is 12.9. The van der Waals surface area contributed by atoms with Gasteiger partial charge < -0.3 is 14.6 Å². The lowest BCUT2D eigenvalue weighted by Crippen LogP contribution is -2.43. The predicted molar refractivity (Wildman–Crippen MR) is 94.5 cm³/mol. The van der Waals surface area contributed by atoms with Crippen LogP contribution in [0.15, 0.2) is 30.6 Å². The summed E-state index contributed by atoms with van der Waals surface area (Å²) in [5.74, 6) is 0.231. The second-order valence-electron chi connectivity index (χ2n) is 6.05. The molecule has 23 heavy (non-hydrogen) atoms. The zero-order chi connectivity index (χ0) is 14.2. The van der Waals surface area contributed by atoms with E-state index in [2.05, 4.69) is 15.2 Å². The van der Waals surface area contributed by atoms with E-state index in [1.54, 1.807) is 0 Å². The number of fused-ring (bicyclic) bond motifs is 3. The Morgan fingerprint density at radius 1 is 1.22 bits per heavy atom. The minimum absolute atomic E-state index is 0. The van der Waals surface area contributed by atoms with Crippen LogP contribution in [-0.2, 0) is 11.2 Å². The van der Waals surface area contributed by atoms with Crippen molar-refractivity contribution in [2.45, 2.75) is 37.8 Å². The highest BCUT2D eigenvalue weighted by Gasteiger charge is 2.37. The average molecular weight is 357 g/mol. The first kappa shape index (κ1) is 18.0. The molecule has 7 heteroatoms. The number of pyridine rings is 1. The number of carbonyl (C=O) groups is 1. The van der Waals surface area contributed by atoms with E-state index in [9.17, 15) is 4.79 Å². The van der Waals surface area contributed by atoms with Crippen LogP contribution in [0.4, 0.5) is 0 Å². The molecule has 0 saturated carbocycles. The topological polar surface area (TPSA) is 49.6 Å². The third-order valence-corrected chi connectivity index (χ3v) is 4.69. The summed E-state index contributed by atoms with van der Waals surface area (Å²) in [6, 6.07) is 6.71. The number of amides is 1. The number of halogens is 2. The molecule has 0 aromatic carbocycles. The van der Waals surface area contributed by atoms with Gasteiger partial charge in [-0.1, -0.05) is 6.07 Å². The van der Waals surface area contributed by atoms with Gasteiger partial charge in [-0.2, -0.15) is 0 Å². The molecule has 4 rings (SSSR count). The normalized spacial score (nSPS) is 23.0. The van der Waals surface area contributed by atoms with Crippen LogP contribution >= 0.6 is 24.8 Å². The molecule has 2 aromatic rings. The fourth-order valence-electron chi connectivity index (χ4n) is 3.71. The molecule has 126 valence electrons. The summed E-state index contributed by atoms with van der Waals surface area (Å²) in [5, 5.41) is 3.44. The van der Waals surface area contributed by atoms with Crippen LogP contribution in [0.5, 0.6) is 0 Å². The maximum absolute atomic E-state index is 12.7. The highest BCUT2D eigenvalue weighted by atomic mass is 35.5. The van der Waals surface area contributed by atoms with Gasteiger partial charge in [-0.15, -0.1) is 24.8 Å². The van der Waals surface area contributed by atoms with E-state index in [0.717, 1.165) is 43.7 Å². The molecule has 2 aromatic heterocycles. The molecule has 2 fully saturated rings. The van der Waals surface area contributed by atoms with Crippen molar-refractivity contribution in [3.05, 3.63) is 36.3 Å². The zero-order valence-corrected chi connectivity index (χ0v) is 14.5. The Hall–Kier alpha value is -1.30. The highest BCUT2D eigenvalue weighted by molar-refractivity contribution is 5.85. The Morgan fingerprint density at radius 2 is 2.04 bits per heavy atom. The van der Waals surface area contributed by atoms with Gasteiger partial charge >= 0.3 is 0 Å². The van der Waals surface area contributed by atoms with Crippen LogP contribution in [0.3, 0.4) is 0 Å². The van der Waals surface area contributed by atoms with E-state index in [-0.39, 0.29) is 30.7 Å². The fourth-order valence-corrected chi connectivity index (χ4v) is 3.71. The van der Waals surface area contributed by atoms with Gasteiger partial charge in [0.05, 0.1) is 12.1 Å². The number of carbonyl (C=O) groups excluding carboxylic acids is 1. The minimum atomic E-state index is 0. The average Bonchev–Trinajstić information content (AvgIpc) is 2.97. The number of rotatable bonds is 2. The molecule has 2 bridgehead atoms. The summed E-state index contributed by atoms with van der Waals surface area (Å²) >= 11 is 0. The van der Waals surface area contributed by atoms with Gasteiger partial charge in [-0.25, -0.2) is 4.98 Å². The van der Waals surface area contributed by atoms with Gasteiger partial charge in [0.15, 0.2) is 0 Å². The van der Waals surface area contributed by atoms with Gasteiger partial charge in [-0.05, 0) is 37.9 Å². The van der Waals surface area contributed by atoms with Crippen molar-refractivity contribution >= 4 is 36.4 Å². The van der Waals surface area contributed by atoms with Gasteiger partial charge in [0.25, 0.3) is 0 Å². The van der Waals surface area contributed by atoms with Crippen LogP contribution in [0, 0.1) is 0 Å². The smallest absolute Gasteiger partial charge is 0.229 e. The molecular weight excluding hydrogens is 335 g/mol. The van der Waals surface area contributed by atoms with E-state index in [4.69, 9.17) is 0 Å². The van der Waals surface area contributed by atoms with Crippen LogP contribution in [0.25, 0.3) is 5.65 Å². The number of hydrogen-bond acceptors (Lipinski definition) is 3. The van der Waals surface area contributed by atoms with E-state index in [1.165, 1.54) is 0 Å². The maximum atomic E-state index is 12.7. The summed E-state index contributed by atoms with van der Waals surface area (Å²) in [7, 11) is 0. The summed E-state index contributed by atoms with van der Waals surface area (Å²) < 4.78 is 1.97. The molecule has 5 nitrogen and oxygen atoms in total. The third-order valence-electron chi connectivity index (χ3n) is 4.69. The Balaban J connectivity index is 0.000000960. The van der Waals surface area contributed by atoms with Gasteiger partial charge in [0, 0.05) is 31.0 Å². The predicted octanol–water partition coefficient (Wildman–Crippen LogP) is 2.07. The second-order valence-corrected chi connectivity index (χ2v) is 6.05. The number of hydrogen-bond donors (Lipinski definition) is 1. The Kier molecular flexibility index (Phi) is 5.89. The quantitative estimate of drug-likeness (QED) is 0.895. The van der Waals surface area contributed by atoms with E-state index in [0.29, 0.717) is 18.5 Å². The summed E-state index contributed by atoms with van der Waals surface area (Å²) in [6.07, 6.45) is 7.71. The Labute approximate surface area is 148 Å². The van der Waals surface area contributed by atoms with Crippen LogP contribution in [0.2, 0.25) is 0 Å². The fraction of sp³-hybridized carbons (Fsp3) is 0.500. The molecule has 1 N–H and O–H groups in total. The summed E-state index contributed by atoms with van der Waals surface area (Å²) in [5.41, 5.74) is 1.77. The summed E-state index contributed by atoms with van der Waals surface area (Å²) in [6.45, 7) is 1.96. The van der Waals surface area contributed by atoms with Crippen LogP contribution in [0.1, 0.15) is 25.0 Å². The van der Waals surface area contributed by atoms with Crippen molar-refractivity contribution in [1.29, 1.82) is 0 Å². The molecule has 2 atom stereocenters. The molecule has 1 amide bonds. The van der Waals surface area contributed by atoms with Crippen LogP contribution < -0.4 is 5.32 Å². The van der Waals surface area contributed by atoms with Crippen molar-refractivity contribution in [1.82, 2.24) is 19.6 Å². The third kappa shape index (κ3) is 3.47. The number of nitrogens with one attached hydrogen (secondary N) is 1. The lowest BCUT2D eigenvalue weighted by atomic mass is 10.1. The van der Waals surface area contributed by atoms with Crippen molar-refractivity contribution in [2.75, 3.05) is 13.1 Å². The van der Waals surface area contributed by atoms with Crippen molar-refractivity contribution in [3.63, 3.8) is 0 Å². The first-order valence-electron chi connectivity index (χ1n) is 7.76. The lowest BCUT2D eigenvalue weighted by molar-refractivity contribution is -0.133. The van der Waals surface area contributed by atoms with Crippen LogP contribution in [-0.4, -0.2) is 45.4 Å². The molecule has 2 aliphatic rings. The molecular formula is C16H22Cl2N4O. The minimum Gasteiger partial charge on any atom is -0.335 e. The van der Waals surface area contributed by atoms with E-state index in [1.807, 2.05) is 35.0 Å². The molecule has 2 unspecified atom stereocenters. The van der Waals surface area contributed by atoms with Gasteiger partial charge in [0.1, 0.15) is 5.65 Å². The molecule has 2 aliphatic heterocycles. The molecule has 0 aliphatic carbocycles. The van der Waals surface area contributed by atoms with Crippen molar-refractivity contribution < 1.29 is 4.79 Å². The second kappa shape index (κ2) is 7.51. The Morgan fingerprint density at radius 3 is 2.87 bits per heavy atom. The standard InChI is InChI=1S/C16H20N4O.2ClH/c21-16(20-13-4-5-14(20)10-17-7-6-13)9-12-11-19-8-2-1-3-15(19)18-12;;/h1-3,8,11,13-14,17H,4-7,9-10H2;2*1H.